The average molecular weight is 360 g/mol. The summed E-state index contributed by atoms with van der Waals surface area (Å²) in [6, 6.07) is 0. The van der Waals surface area contributed by atoms with Gasteiger partial charge in [0.25, 0.3) is 0 Å². The van der Waals surface area contributed by atoms with E-state index >= 15 is 0 Å². The first-order valence-corrected chi connectivity index (χ1v) is 10.0. The van der Waals surface area contributed by atoms with Crippen LogP contribution in [-0.4, -0.2) is 28.6 Å². The molecular formula is C20H31F3O2. The van der Waals surface area contributed by atoms with E-state index in [1.165, 1.54) is 0 Å². The molecule has 5 heteroatoms. The predicted molar refractivity (Wildman–Crippen MR) is 88.7 cm³/mol. The third kappa shape index (κ3) is 2.44. The highest BCUT2D eigenvalue weighted by Crippen LogP contribution is 2.68. The van der Waals surface area contributed by atoms with Crippen LogP contribution in [0.4, 0.5) is 13.2 Å². The summed E-state index contributed by atoms with van der Waals surface area (Å²) in [5, 5.41) is 20.6. The van der Waals surface area contributed by atoms with Crippen LogP contribution < -0.4 is 0 Å². The zero-order valence-electron chi connectivity index (χ0n) is 15.2. The minimum absolute atomic E-state index is 0.0280. The molecule has 2 nitrogen and oxygen atoms in total. The topological polar surface area (TPSA) is 40.5 Å². The maximum Gasteiger partial charge on any atom is 0.392 e. The molecule has 4 aliphatic rings. The van der Waals surface area contributed by atoms with E-state index in [1.807, 2.05) is 6.92 Å². The lowest BCUT2D eigenvalue weighted by molar-refractivity contribution is -0.267. The first-order chi connectivity index (χ1) is 11.6. The van der Waals surface area contributed by atoms with Crippen molar-refractivity contribution >= 4 is 0 Å². The Morgan fingerprint density at radius 3 is 2.28 bits per heavy atom. The van der Waals surface area contributed by atoms with E-state index < -0.39 is 23.6 Å². The van der Waals surface area contributed by atoms with Crippen LogP contribution in [0.2, 0.25) is 0 Å². The molecule has 2 N–H and O–H groups in total. The van der Waals surface area contributed by atoms with Crippen molar-refractivity contribution in [3.8, 4) is 0 Å². The van der Waals surface area contributed by atoms with Gasteiger partial charge in [-0.25, -0.2) is 0 Å². The molecule has 9 atom stereocenters. The van der Waals surface area contributed by atoms with Crippen molar-refractivity contribution in [2.45, 2.75) is 83.6 Å². The van der Waals surface area contributed by atoms with Crippen molar-refractivity contribution in [3.63, 3.8) is 0 Å². The molecule has 144 valence electrons. The zero-order valence-corrected chi connectivity index (χ0v) is 15.2. The molecule has 4 rings (SSSR count). The lowest BCUT2D eigenvalue weighted by Gasteiger charge is -2.63. The van der Waals surface area contributed by atoms with Crippen LogP contribution in [0.1, 0.15) is 65.2 Å². The van der Waals surface area contributed by atoms with E-state index in [1.54, 1.807) is 0 Å². The van der Waals surface area contributed by atoms with Gasteiger partial charge >= 0.3 is 6.18 Å². The summed E-state index contributed by atoms with van der Waals surface area (Å²) in [5.41, 5.74) is -0.860. The Morgan fingerprint density at radius 1 is 0.880 bits per heavy atom. The first-order valence-electron chi connectivity index (χ1n) is 10.0. The SMILES string of the molecule is C[C@]12C(CC[C@@H]3[C@@H]1CC[C@]1(C)[C@@H](O)CC[C@@H]31)C[C@H](O)CC2C(F)(F)F. The Morgan fingerprint density at radius 2 is 1.60 bits per heavy atom. The van der Waals surface area contributed by atoms with Gasteiger partial charge in [-0.15, -0.1) is 0 Å². The molecule has 0 aromatic carbocycles. The number of hydrogen-bond acceptors (Lipinski definition) is 2. The highest BCUT2D eigenvalue weighted by atomic mass is 19.4. The molecule has 0 radical (unpaired) electrons. The van der Waals surface area contributed by atoms with Gasteiger partial charge in [-0.05, 0) is 85.9 Å². The number of aliphatic hydroxyl groups is 2. The fourth-order valence-corrected chi connectivity index (χ4v) is 7.79. The number of aliphatic hydroxyl groups excluding tert-OH is 2. The molecular weight excluding hydrogens is 329 g/mol. The molecule has 0 heterocycles. The molecule has 25 heavy (non-hydrogen) atoms. The fraction of sp³-hybridized carbons (Fsp3) is 1.00. The maximum absolute atomic E-state index is 13.9. The van der Waals surface area contributed by atoms with E-state index in [9.17, 15) is 23.4 Å². The van der Waals surface area contributed by atoms with Crippen LogP contribution >= 0.6 is 0 Å². The molecule has 0 aromatic rings. The monoisotopic (exact) mass is 360 g/mol. The van der Waals surface area contributed by atoms with Gasteiger partial charge < -0.3 is 10.2 Å². The molecule has 4 saturated carbocycles. The van der Waals surface area contributed by atoms with E-state index in [-0.39, 0.29) is 29.8 Å². The molecule has 0 aromatic heterocycles. The second kappa shape index (κ2) is 5.60. The Bertz CT molecular complexity index is 536. The van der Waals surface area contributed by atoms with Crippen molar-refractivity contribution in [2.75, 3.05) is 0 Å². The normalized spacial score (nSPS) is 56.0. The summed E-state index contributed by atoms with van der Waals surface area (Å²) >= 11 is 0. The number of hydrogen-bond donors (Lipinski definition) is 2. The van der Waals surface area contributed by atoms with Crippen molar-refractivity contribution < 1.29 is 23.4 Å². The van der Waals surface area contributed by atoms with E-state index in [4.69, 9.17) is 0 Å². The standard InChI is InChI=1S/C20H31F3O2/c1-18-8-7-15-13(14(18)5-6-17(18)25)4-3-11-9-12(24)10-16(19(11,15)2)20(21,22)23/h11-17,24-25H,3-10H2,1-2H3/t11?,12-,13-,14-,15-,16?,17-,18-,19-/m0/s1. The summed E-state index contributed by atoms with van der Waals surface area (Å²) < 4.78 is 41.8. The van der Waals surface area contributed by atoms with E-state index in [2.05, 4.69) is 6.92 Å². The van der Waals surface area contributed by atoms with Gasteiger partial charge in [-0.3, -0.25) is 0 Å². The summed E-state index contributed by atoms with van der Waals surface area (Å²) in [5.74, 6) is -0.678. The van der Waals surface area contributed by atoms with Gasteiger partial charge in [0, 0.05) is 0 Å². The molecule has 0 aliphatic heterocycles. The van der Waals surface area contributed by atoms with Crippen LogP contribution in [0.15, 0.2) is 0 Å². The molecule has 4 aliphatic carbocycles. The van der Waals surface area contributed by atoms with Crippen LogP contribution in [0.25, 0.3) is 0 Å². The summed E-state index contributed by atoms with van der Waals surface area (Å²) in [6.07, 6.45) is 0.191. The van der Waals surface area contributed by atoms with Crippen LogP contribution in [0.5, 0.6) is 0 Å². The average Bonchev–Trinajstić information content (AvgIpc) is 2.82. The van der Waals surface area contributed by atoms with Crippen LogP contribution in [0.3, 0.4) is 0 Å². The minimum atomic E-state index is -4.24. The first kappa shape index (κ1) is 18.1. The molecule has 0 amide bonds. The predicted octanol–water partition coefficient (Wildman–Crippen LogP) is 4.54. The summed E-state index contributed by atoms with van der Waals surface area (Å²) in [6.45, 7) is 4.04. The molecule has 4 fully saturated rings. The Kier molecular flexibility index (Phi) is 4.06. The molecule has 0 spiro atoms. The molecule has 0 saturated heterocycles. The van der Waals surface area contributed by atoms with Crippen molar-refractivity contribution in [3.05, 3.63) is 0 Å². The van der Waals surface area contributed by atoms with Crippen molar-refractivity contribution in [1.82, 2.24) is 0 Å². The maximum atomic E-state index is 13.9. The second-order valence-corrected chi connectivity index (χ2v) is 9.87. The third-order valence-corrected chi connectivity index (χ3v) is 9.12. The largest absolute Gasteiger partial charge is 0.393 e. The van der Waals surface area contributed by atoms with Gasteiger partial charge in [-0.1, -0.05) is 13.8 Å². The highest BCUT2D eigenvalue weighted by Gasteiger charge is 2.66. The number of fused-ring (bicyclic) bond motifs is 5. The van der Waals surface area contributed by atoms with Gasteiger partial charge in [-0.2, -0.15) is 13.2 Å². The van der Waals surface area contributed by atoms with E-state index in [0.717, 1.165) is 38.5 Å². The number of halogens is 3. The highest BCUT2D eigenvalue weighted by molar-refractivity contribution is 5.12. The van der Waals surface area contributed by atoms with Gasteiger partial charge in [0.2, 0.25) is 0 Å². The summed E-state index contributed by atoms with van der Waals surface area (Å²) in [7, 11) is 0. The Labute approximate surface area is 148 Å². The smallest absolute Gasteiger partial charge is 0.392 e. The van der Waals surface area contributed by atoms with Crippen LogP contribution in [-0.2, 0) is 0 Å². The fourth-order valence-electron chi connectivity index (χ4n) is 7.79. The van der Waals surface area contributed by atoms with E-state index in [0.29, 0.717) is 18.3 Å². The summed E-state index contributed by atoms with van der Waals surface area (Å²) in [4.78, 5) is 0. The zero-order chi connectivity index (χ0) is 18.2. The lowest BCUT2D eigenvalue weighted by Crippen LogP contribution is -2.60. The Balaban J connectivity index is 1.71. The second-order valence-electron chi connectivity index (χ2n) is 9.87. The minimum Gasteiger partial charge on any atom is -0.393 e. The van der Waals surface area contributed by atoms with Crippen molar-refractivity contribution in [1.29, 1.82) is 0 Å². The van der Waals surface area contributed by atoms with Crippen LogP contribution in [0, 0.1) is 40.4 Å². The third-order valence-electron chi connectivity index (χ3n) is 9.12. The van der Waals surface area contributed by atoms with Gasteiger partial charge in [0.05, 0.1) is 18.1 Å². The van der Waals surface area contributed by atoms with Crippen molar-refractivity contribution in [2.24, 2.45) is 40.4 Å². The quantitative estimate of drug-likeness (QED) is 0.666. The number of rotatable bonds is 0. The van der Waals surface area contributed by atoms with Gasteiger partial charge in [0.1, 0.15) is 0 Å². The lowest BCUT2D eigenvalue weighted by atomic mass is 9.42. The molecule has 0 bridgehead atoms. The number of alkyl halides is 3. The van der Waals surface area contributed by atoms with Gasteiger partial charge in [0.15, 0.2) is 0 Å². The Hall–Kier alpha value is -0.290. The molecule has 2 unspecified atom stereocenters.